The highest BCUT2D eigenvalue weighted by Crippen LogP contribution is 2.35. The van der Waals surface area contributed by atoms with Gasteiger partial charge in [-0.2, -0.15) is 0 Å². The third-order valence-corrected chi connectivity index (χ3v) is 3.20. The zero-order chi connectivity index (χ0) is 13.2. The normalized spacial score (nSPS) is 21.4. The van der Waals surface area contributed by atoms with Crippen LogP contribution in [0.5, 0.6) is 11.5 Å². The van der Waals surface area contributed by atoms with Crippen LogP contribution in [0.15, 0.2) is 18.2 Å². The van der Waals surface area contributed by atoms with Crippen LogP contribution in [0, 0.1) is 0 Å². The number of nitrogens with one attached hydrogen (secondary N) is 1. The quantitative estimate of drug-likeness (QED) is 0.882. The van der Waals surface area contributed by atoms with Crippen LogP contribution in [-0.4, -0.2) is 45.5 Å². The lowest BCUT2D eigenvalue weighted by Crippen LogP contribution is -2.40. The first-order chi connectivity index (χ1) is 9.29. The molecule has 19 heavy (non-hydrogen) atoms. The van der Waals surface area contributed by atoms with E-state index in [2.05, 4.69) is 5.32 Å². The summed E-state index contributed by atoms with van der Waals surface area (Å²) >= 11 is 0. The van der Waals surface area contributed by atoms with E-state index in [9.17, 15) is 4.79 Å². The van der Waals surface area contributed by atoms with Crippen LogP contribution < -0.4 is 19.7 Å². The summed E-state index contributed by atoms with van der Waals surface area (Å²) in [5.41, 5.74) is 0.770. The van der Waals surface area contributed by atoms with Crippen LogP contribution >= 0.6 is 0 Å². The molecule has 0 radical (unpaired) electrons. The monoisotopic (exact) mass is 264 g/mol. The van der Waals surface area contributed by atoms with E-state index in [0.29, 0.717) is 37.9 Å². The second kappa shape index (κ2) is 4.97. The molecule has 1 fully saturated rings. The number of ether oxygens (including phenoxy) is 3. The molecule has 6 nitrogen and oxygen atoms in total. The van der Waals surface area contributed by atoms with Gasteiger partial charge in [0.05, 0.1) is 11.7 Å². The lowest BCUT2D eigenvalue weighted by Gasteiger charge is -2.24. The summed E-state index contributed by atoms with van der Waals surface area (Å²) in [5, 5.41) is 3.06. The lowest BCUT2D eigenvalue weighted by molar-refractivity contribution is 0.171. The van der Waals surface area contributed by atoms with Gasteiger partial charge in [0.15, 0.2) is 11.5 Å². The molecule has 102 valence electrons. The molecule has 3 rings (SSSR count). The molecule has 1 unspecified atom stereocenters. The molecule has 0 bridgehead atoms. The molecule has 0 aromatic heterocycles. The molecule has 1 atom stereocenters. The van der Waals surface area contributed by atoms with Crippen molar-refractivity contribution in [3.05, 3.63) is 18.2 Å². The van der Waals surface area contributed by atoms with Gasteiger partial charge in [-0.05, 0) is 19.2 Å². The Labute approximate surface area is 111 Å². The molecule has 2 aliphatic heterocycles. The van der Waals surface area contributed by atoms with Gasteiger partial charge in [-0.3, -0.25) is 4.90 Å². The van der Waals surface area contributed by atoms with E-state index < -0.39 is 0 Å². The average molecular weight is 264 g/mol. The Bertz CT molecular complexity index is 492. The van der Waals surface area contributed by atoms with E-state index in [1.54, 1.807) is 4.90 Å². The summed E-state index contributed by atoms with van der Waals surface area (Å²) in [6.45, 7) is 2.16. The number of hydrogen-bond donors (Lipinski definition) is 1. The molecule has 0 saturated carbocycles. The van der Waals surface area contributed by atoms with Crippen LogP contribution in [0.4, 0.5) is 10.5 Å². The maximum atomic E-state index is 11.8. The van der Waals surface area contributed by atoms with E-state index >= 15 is 0 Å². The molecule has 6 heteroatoms. The summed E-state index contributed by atoms with van der Waals surface area (Å²) in [4.78, 5) is 13.5. The molecule has 1 saturated heterocycles. The molecule has 0 aliphatic carbocycles. The zero-order valence-electron chi connectivity index (χ0n) is 10.7. The summed E-state index contributed by atoms with van der Waals surface area (Å²) in [7, 11) is 1.85. The Morgan fingerprint density at radius 2 is 2.05 bits per heavy atom. The molecule has 2 aliphatic rings. The number of carbonyl (C=O) groups is 1. The van der Waals surface area contributed by atoms with Crippen LogP contribution in [0.25, 0.3) is 0 Å². The Balaban J connectivity index is 1.89. The molecular formula is C13H16N2O4. The third-order valence-electron chi connectivity index (χ3n) is 3.20. The molecule has 2 heterocycles. The second-order valence-corrected chi connectivity index (χ2v) is 4.49. The Morgan fingerprint density at radius 1 is 1.26 bits per heavy atom. The Morgan fingerprint density at radius 3 is 2.84 bits per heavy atom. The van der Waals surface area contributed by atoms with Crippen LogP contribution in [0.2, 0.25) is 0 Å². The molecule has 1 N–H and O–H groups in total. The van der Waals surface area contributed by atoms with E-state index in [4.69, 9.17) is 14.2 Å². The summed E-state index contributed by atoms with van der Waals surface area (Å²) in [6, 6.07) is 5.50. The number of carbonyl (C=O) groups excluding carboxylic acids is 1. The SMILES string of the molecule is CNCC1COC(=O)N1c1ccc2c(c1)OCCO2. The van der Waals surface area contributed by atoms with E-state index in [0.717, 1.165) is 5.69 Å². The zero-order valence-corrected chi connectivity index (χ0v) is 10.7. The van der Waals surface area contributed by atoms with Crippen molar-refractivity contribution in [3.8, 4) is 11.5 Å². The largest absolute Gasteiger partial charge is 0.486 e. The van der Waals surface area contributed by atoms with Crippen LogP contribution in [0.3, 0.4) is 0 Å². The van der Waals surface area contributed by atoms with E-state index in [1.165, 1.54) is 0 Å². The number of nitrogens with zero attached hydrogens (tertiary/aromatic N) is 1. The van der Waals surface area contributed by atoms with Crippen molar-refractivity contribution < 1.29 is 19.0 Å². The Hall–Kier alpha value is -1.95. The molecule has 0 spiro atoms. The van der Waals surface area contributed by atoms with Gasteiger partial charge in [0.1, 0.15) is 19.8 Å². The fourth-order valence-corrected chi connectivity index (χ4v) is 2.34. The van der Waals surface area contributed by atoms with Gasteiger partial charge in [-0.25, -0.2) is 4.79 Å². The van der Waals surface area contributed by atoms with Gasteiger partial charge in [0, 0.05) is 12.6 Å². The van der Waals surface area contributed by atoms with E-state index in [-0.39, 0.29) is 12.1 Å². The smallest absolute Gasteiger partial charge is 0.414 e. The van der Waals surface area contributed by atoms with Gasteiger partial charge in [-0.15, -0.1) is 0 Å². The first-order valence-corrected chi connectivity index (χ1v) is 6.30. The first kappa shape index (κ1) is 12.1. The summed E-state index contributed by atoms with van der Waals surface area (Å²) in [5.74, 6) is 1.39. The fraction of sp³-hybridized carbons (Fsp3) is 0.462. The number of benzene rings is 1. The predicted molar refractivity (Wildman–Crippen MR) is 69.0 cm³/mol. The highest BCUT2D eigenvalue weighted by Gasteiger charge is 2.34. The number of amides is 1. The van der Waals surface area contributed by atoms with Crippen LogP contribution in [-0.2, 0) is 4.74 Å². The number of likely N-dealkylation sites (N-methyl/N-ethyl adjacent to an activating group) is 1. The second-order valence-electron chi connectivity index (χ2n) is 4.49. The van der Waals surface area contributed by atoms with Crippen molar-refractivity contribution in [1.29, 1.82) is 0 Å². The highest BCUT2D eigenvalue weighted by molar-refractivity contribution is 5.90. The Kier molecular flexibility index (Phi) is 3.16. The fourth-order valence-electron chi connectivity index (χ4n) is 2.34. The topological polar surface area (TPSA) is 60.0 Å². The lowest BCUT2D eigenvalue weighted by atomic mass is 10.2. The maximum Gasteiger partial charge on any atom is 0.414 e. The molecular weight excluding hydrogens is 248 g/mol. The van der Waals surface area contributed by atoms with Crippen molar-refractivity contribution >= 4 is 11.8 Å². The number of cyclic esters (lactones) is 1. The molecule has 1 aromatic carbocycles. The number of hydrogen-bond acceptors (Lipinski definition) is 5. The van der Waals surface area contributed by atoms with Crippen molar-refractivity contribution in [1.82, 2.24) is 5.32 Å². The van der Waals surface area contributed by atoms with Crippen LogP contribution in [0.1, 0.15) is 0 Å². The maximum absolute atomic E-state index is 11.8. The minimum Gasteiger partial charge on any atom is -0.486 e. The van der Waals surface area contributed by atoms with Crippen molar-refractivity contribution in [2.75, 3.05) is 38.3 Å². The summed E-state index contributed by atoms with van der Waals surface area (Å²) < 4.78 is 16.1. The van der Waals surface area contributed by atoms with Gasteiger partial charge >= 0.3 is 6.09 Å². The van der Waals surface area contributed by atoms with Gasteiger partial charge in [0.2, 0.25) is 0 Å². The molecule has 1 amide bonds. The van der Waals surface area contributed by atoms with Crippen molar-refractivity contribution in [2.24, 2.45) is 0 Å². The predicted octanol–water partition coefficient (Wildman–Crippen LogP) is 1.00. The minimum absolute atomic E-state index is 0.0000546. The first-order valence-electron chi connectivity index (χ1n) is 6.30. The molecule has 1 aromatic rings. The van der Waals surface area contributed by atoms with Crippen molar-refractivity contribution in [2.45, 2.75) is 6.04 Å². The highest BCUT2D eigenvalue weighted by atomic mass is 16.6. The van der Waals surface area contributed by atoms with E-state index in [1.807, 2.05) is 25.2 Å². The van der Waals surface area contributed by atoms with Gasteiger partial charge in [-0.1, -0.05) is 0 Å². The average Bonchev–Trinajstić information content (AvgIpc) is 2.80. The van der Waals surface area contributed by atoms with Gasteiger partial charge < -0.3 is 19.5 Å². The number of fused-ring (bicyclic) bond motifs is 1. The standard InChI is InChI=1S/C13H16N2O4/c1-14-7-10-8-19-13(16)15(10)9-2-3-11-12(6-9)18-5-4-17-11/h2-3,6,10,14H,4-5,7-8H2,1H3. The minimum atomic E-state index is -0.322. The van der Waals surface area contributed by atoms with Crippen molar-refractivity contribution in [3.63, 3.8) is 0 Å². The summed E-state index contributed by atoms with van der Waals surface area (Å²) in [6.07, 6.45) is -0.322. The van der Waals surface area contributed by atoms with Gasteiger partial charge in [0.25, 0.3) is 0 Å². The number of anilines is 1. The number of rotatable bonds is 3. The third kappa shape index (κ3) is 2.19.